The Morgan fingerprint density at radius 3 is 2.25 bits per heavy atom. The number of aliphatic hydroxyl groups is 1. The summed E-state index contributed by atoms with van der Waals surface area (Å²) in [6.07, 6.45) is 0.700. The normalized spacial score (nSPS) is 15.4. The van der Waals surface area contributed by atoms with Crippen molar-refractivity contribution in [3.63, 3.8) is 0 Å². The molecule has 3 aromatic carbocycles. The molecule has 1 aliphatic heterocycles. The van der Waals surface area contributed by atoms with Crippen molar-refractivity contribution in [3.8, 4) is 5.75 Å². The summed E-state index contributed by atoms with van der Waals surface area (Å²) in [6, 6.07) is 24.6. The zero-order valence-electron chi connectivity index (χ0n) is 25.3. The van der Waals surface area contributed by atoms with Crippen LogP contribution in [0.25, 0.3) is 0 Å². The van der Waals surface area contributed by atoms with Crippen LogP contribution in [-0.4, -0.2) is 56.6 Å². The van der Waals surface area contributed by atoms with Crippen LogP contribution in [0.4, 0.5) is 0 Å². The molecule has 0 bridgehead atoms. The van der Waals surface area contributed by atoms with Crippen LogP contribution < -0.4 is 15.4 Å². The van der Waals surface area contributed by atoms with E-state index < -0.39 is 24.0 Å². The number of aliphatic hydroxyl groups excluding tert-OH is 1. The van der Waals surface area contributed by atoms with Crippen molar-refractivity contribution in [1.29, 1.82) is 0 Å². The van der Waals surface area contributed by atoms with Gasteiger partial charge in [0.2, 0.25) is 0 Å². The van der Waals surface area contributed by atoms with Crippen LogP contribution in [0.3, 0.4) is 0 Å². The predicted octanol–water partition coefficient (Wildman–Crippen LogP) is 5.11. The quantitative estimate of drug-likeness (QED) is 0.169. The topological polar surface area (TPSA) is 106 Å². The van der Waals surface area contributed by atoms with E-state index in [-0.39, 0.29) is 13.2 Å². The molecule has 44 heavy (non-hydrogen) atoms. The van der Waals surface area contributed by atoms with Crippen molar-refractivity contribution >= 4 is 23.5 Å². The van der Waals surface area contributed by atoms with Gasteiger partial charge < -0.3 is 30.0 Å². The number of carbonyl (C=O) groups is 2. The van der Waals surface area contributed by atoms with Gasteiger partial charge in [0.25, 0.3) is 0 Å². The lowest BCUT2D eigenvalue weighted by molar-refractivity contribution is -0.139. The number of dihydropyridines is 1. The Bertz CT molecular complexity index is 1490. The van der Waals surface area contributed by atoms with Crippen LogP contribution in [0, 0.1) is 0 Å². The molecular weight excluding hydrogens is 580 g/mol. The number of allylic oxidation sites excluding steroid dienone is 2. The van der Waals surface area contributed by atoms with Crippen LogP contribution in [0.5, 0.6) is 5.75 Å². The van der Waals surface area contributed by atoms with Gasteiger partial charge in [0.05, 0.1) is 30.8 Å². The van der Waals surface area contributed by atoms with Gasteiger partial charge in [0.15, 0.2) is 0 Å². The smallest absolute Gasteiger partial charge is 0.336 e. The molecule has 0 spiro atoms. The van der Waals surface area contributed by atoms with Crippen molar-refractivity contribution in [2.24, 2.45) is 0 Å². The fourth-order valence-corrected chi connectivity index (χ4v) is 5.31. The first-order valence-electron chi connectivity index (χ1n) is 14.6. The van der Waals surface area contributed by atoms with Crippen LogP contribution in [-0.2, 0) is 31.9 Å². The Morgan fingerprint density at radius 1 is 0.909 bits per heavy atom. The van der Waals surface area contributed by atoms with Crippen LogP contribution in [0.2, 0.25) is 5.02 Å². The van der Waals surface area contributed by atoms with Gasteiger partial charge in [-0.25, -0.2) is 9.59 Å². The molecule has 0 saturated heterocycles. The molecule has 0 aromatic heterocycles. The monoisotopic (exact) mass is 618 g/mol. The van der Waals surface area contributed by atoms with Crippen molar-refractivity contribution in [3.05, 3.63) is 123 Å². The van der Waals surface area contributed by atoms with Crippen LogP contribution in [0.15, 0.2) is 101 Å². The molecule has 3 N–H and O–H groups in total. The van der Waals surface area contributed by atoms with Gasteiger partial charge in [-0.05, 0) is 67.8 Å². The van der Waals surface area contributed by atoms with Crippen molar-refractivity contribution in [2.75, 3.05) is 33.4 Å². The van der Waals surface area contributed by atoms with E-state index in [1.807, 2.05) is 48.5 Å². The lowest BCUT2D eigenvalue weighted by Crippen LogP contribution is -2.32. The molecule has 232 valence electrons. The lowest BCUT2D eigenvalue weighted by Gasteiger charge is -2.30. The number of methoxy groups -OCH3 is 1. The average molecular weight is 619 g/mol. The zero-order valence-corrected chi connectivity index (χ0v) is 26.0. The Hall–Kier alpha value is -4.11. The van der Waals surface area contributed by atoms with Crippen molar-refractivity contribution < 1.29 is 28.9 Å². The third-order valence-corrected chi connectivity index (χ3v) is 7.61. The number of halogens is 1. The largest absolute Gasteiger partial charge is 0.491 e. The number of carbonyl (C=O) groups excluding carboxylic acids is 2. The molecule has 4 rings (SSSR count). The average Bonchev–Trinajstić information content (AvgIpc) is 3.02. The minimum atomic E-state index is -0.660. The molecule has 0 saturated carbocycles. The summed E-state index contributed by atoms with van der Waals surface area (Å²) in [4.78, 5) is 26.3. The molecule has 1 aliphatic rings. The van der Waals surface area contributed by atoms with E-state index in [0.717, 1.165) is 28.9 Å². The molecular formula is C35H39ClN2O6. The highest BCUT2D eigenvalue weighted by molar-refractivity contribution is 6.30. The molecule has 0 fully saturated rings. The molecule has 8 nitrogen and oxygen atoms in total. The summed E-state index contributed by atoms with van der Waals surface area (Å²) in [5.41, 5.74) is 4.86. The third-order valence-electron chi connectivity index (χ3n) is 7.36. The second-order valence-corrected chi connectivity index (χ2v) is 11.1. The Balaban J connectivity index is 1.30. The van der Waals surface area contributed by atoms with Gasteiger partial charge >= 0.3 is 11.9 Å². The van der Waals surface area contributed by atoms with Gasteiger partial charge in [0, 0.05) is 29.4 Å². The van der Waals surface area contributed by atoms with Gasteiger partial charge in [-0.3, -0.25) is 0 Å². The van der Waals surface area contributed by atoms with E-state index in [9.17, 15) is 14.7 Å². The molecule has 1 heterocycles. The first-order valence-corrected chi connectivity index (χ1v) is 15.0. The van der Waals surface area contributed by atoms with E-state index in [4.69, 9.17) is 25.8 Å². The van der Waals surface area contributed by atoms with E-state index in [1.54, 1.807) is 38.1 Å². The molecule has 2 unspecified atom stereocenters. The summed E-state index contributed by atoms with van der Waals surface area (Å²) in [5.74, 6) is -0.948. The van der Waals surface area contributed by atoms with E-state index in [0.29, 0.717) is 47.1 Å². The van der Waals surface area contributed by atoms with Crippen molar-refractivity contribution in [2.45, 2.75) is 38.7 Å². The van der Waals surface area contributed by atoms with Gasteiger partial charge in [-0.2, -0.15) is 0 Å². The molecule has 0 radical (unpaired) electrons. The summed E-state index contributed by atoms with van der Waals surface area (Å²) < 4.78 is 16.4. The minimum Gasteiger partial charge on any atom is -0.491 e. The van der Waals surface area contributed by atoms with Gasteiger partial charge in [-0.1, -0.05) is 66.2 Å². The fourth-order valence-electron chi connectivity index (χ4n) is 5.18. The summed E-state index contributed by atoms with van der Waals surface area (Å²) in [5, 5.41) is 17.2. The minimum absolute atomic E-state index is 0.175. The highest BCUT2D eigenvalue weighted by Gasteiger charge is 2.37. The number of hydrogen-bond acceptors (Lipinski definition) is 8. The molecule has 3 aromatic rings. The highest BCUT2D eigenvalue weighted by Crippen LogP contribution is 2.39. The zero-order chi connectivity index (χ0) is 31.5. The number of hydrogen-bond donors (Lipinski definition) is 3. The lowest BCUT2D eigenvalue weighted by atomic mass is 9.80. The second kappa shape index (κ2) is 16.1. The summed E-state index contributed by atoms with van der Waals surface area (Å²) >= 11 is 6.11. The maximum absolute atomic E-state index is 13.5. The number of rotatable bonds is 14. The summed E-state index contributed by atoms with van der Waals surface area (Å²) in [7, 11) is 1.32. The SMILES string of the molecule is COC(=O)C1=C(C)NC(C)=C(C(=O)OCCc2cccc(CCNCC(O)COc3ccccc3)c2)C1c1ccc(Cl)cc1. The Labute approximate surface area is 263 Å². The standard InChI is InChI=1S/C35H39ClN2O6/c1-23-31(34(40)42-3)33(27-12-14-28(36)15-13-27)32(24(2)38-23)35(41)43-19-17-26-9-7-8-25(20-26)16-18-37-21-29(39)22-44-30-10-5-4-6-11-30/h4-15,20,29,33,37-39H,16-19,21-22H2,1-3H3. The van der Waals surface area contributed by atoms with Gasteiger partial charge in [-0.15, -0.1) is 0 Å². The highest BCUT2D eigenvalue weighted by atomic mass is 35.5. The maximum Gasteiger partial charge on any atom is 0.336 e. The number of nitrogens with one attached hydrogen (secondary N) is 2. The maximum atomic E-state index is 13.5. The molecule has 0 amide bonds. The number of para-hydroxylation sites is 1. The van der Waals surface area contributed by atoms with E-state index in [1.165, 1.54) is 7.11 Å². The first-order chi connectivity index (χ1) is 21.3. The summed E-state index contributed by atoms with van der Waals surface area (Å²) in [6.45, 7) is 5.10. The Morgan fingerprint density at radius 2 is 1.57 bits per heavy atom. The number of esters is 2. The second-order valence-electron chi connectivity index (χ2n) is 10.6. The first kappa shape index (κ1) is 32.8. The van der Waals surface area contributed by atoms with E-state index in [2.05, 4.69) is 16.7 Å². The molecule has 0 aliphatic carbocycles. The third kappa shape index (κ3) is 8.95. The molecule has 9 heteroatoms. The van der Waals surface area contributed by atoms with Crippen LogP contribution >= 0.6 is 11.6 Å². The number of ether oxygens (including phenoxy) is 3. The Kier molecular flexibility index (Phi) is 12.0. The molecule has 2 atom stereocenters. The number of benzene rings is 3. The van der Waals surface area contributed by atoms with E-state index >= 15 is 0 Å². The van der Waals surface area contributed by atoms with Crippen molar-refractivity contribution in [1.82, 2.24) is 10.6 Å². The fraction of sp³-hybridized carbons (Fsp3) is 0.314. The van der Waals surface area contributed by atoms with Gasteiger partial charge in [0.1, 0.15) is 18.5 Å². The van der Waals surface area contributed by atoms with Crippen LogP contribution in [0.1, 0.15) is 36.5 Å². The predicted molar refractivity (Wildman–Crippen MR) is 170 cm³/mol.